The molecule has 3 aromatic rings. The molecule has 0 saturated heterocycles. The van der Waals surface area contributed by atoms with Crippen LogP contribution in [-0.4, -0.2) is 15.5 Å². The van der Waals surface area contributed by atoms with Crippen molar-refractivity contribution in [2.45, 2.75) is 6.92 Å². The van der Waals surface area contributed by atoms with Gasteiger partial charge in [0.05, 0.1) is 15.9 Å². The van der Waals surface area contributed by atoms with Crippen molar-refractivity contribution in [3.63, 3.8) is 0 Å². The number of fused-ring (bicyclic) bond motifs is 3. The Morgan fingerprint density at radius 3 is 2.80 bits per heavy atom. The van der Waals surface area contributed by atoms with Gasteiger partial charge in [-0.2, -0.15) is 0 Å². The number of benzene rings is 1. The van der Waals surface area contributed by atoms with Crippen LogP contribution >= 0.6 is 22.9 Å². The van der Waals surface area contributed by atoms with Crippen LogP contribution in [0.25, 0.3) is 15.7 Å². The van der Waals surface area contributed by atoms with E-state index in [4.69, 9.17) is 11.6 Å². The van der Waals surface area contributed by atoms with Crippen molar-refractivity contribution < 1.29 is 14.3 Å². The van der Waals surface area contributed by atoms with Crippen molar-refractivity contribution in [1.29, 1.82) is 0 Å². The maximum absolute atomic E-state index is 13.6. The lowest BCUT2D eigenvalue weighted by molar-refractivity contribution is 0.0697. The molecular formula is C13H7ClFNO3S. The number of rotatable bonds is 1. The first-order valence-corrected chi connectivity index (χ1v) is 6.82. The lowest BCUT2D eigenvalue weighted by Gasteiger charge is -2.07. The Balaban J connectivity index is 2.71. The van der Waals surface area contributed by atoms with E-state index in [1.54, 1.807) is 16.7 Å². The van der Waals surface area contributed by atoms with Crippen molar-refractivity contribution >= 4 is 44.6 Å². The van der Waals surface area contributed by atoms with Crippen LogP contribution in [0.3, 0.4) is 0 Å². The highest BCUT2D eigenvalue weighted by Gasteiger charge is 2.21. The highest BCUT2D eigenvalue weighted by Crippen LogP contribution is 2.27. The van der Waals surface area contributed by atoms with Gasteiger partial charge in [-0.25, -0.2) is 9.18 Å². The van der Waals surface area contributed by atoms with Crippen LogP contribution in [0.4, 0.5) is 4.39 Å². The van der Waals surface area contributed by atoms with Gasteiger partial charge in [-0.3, -0.25) is 4.79 Å². The summed E-state index contributed by atoms with van der Waals surface area (Å²) in [7, 11) is 0. The van der Waals surface area contributed by atoms with Gasteiger partial charge in [0.15, 0.2) is 0 Å². The summed E-state index contributed by atoms with van der Waals surface area (Å²) >= 11 is 6.91. The van der Waals surface area contributed by atoms with Crippen LogP contribution in [-0.2, 0) is 0 Å². The molecule has 3 rings (SSSR count). The number of thiazole rings is 1. The molecule has 102 valence electrons. The van der Waals surface area contributed by atoms with E-state index >= 15 is 0 Å². The quantitative estimate of drug-likeness (QED) is 0.750. The number of halogens is 2. The van der Waals surface area contributed by atoms with E-state index in [9.17, 15) is 19.1 Å². The number of pyridine rings is 1. The first kappa shape index (κ1) is 13.1. The van der Waals surface area contributed by atoms with E-state index in [1.165, 1.54) is 6.07 Å². The molecule has 1 aromatic carbocycles. The molecule has 0 saturated carbocycles. The summed E-state index contributed by atoms with van der Waals surface area (Å²) in [5.41, 5.74) is 0.0996. The Kier molecular flexibility index (Phi) is 2.81. The van der Waals surface area contributed by atoms with Crippen molar-refractivity contribution in [3.8, 4) is 0 Å². The standard InChI is InChI=1S/C13H7ClFNO3S/c1-5-4-20-12-10(13(18)19)11(17)6-2-8(15)7(14)3-9(6)16(5)12/h2-4H,1H3,(H,18,19). The average Bonchev–Trinajstić information content (AvgIpc) is 2.74. The molecule has 0 fully saturated rings. The fourth-order valence-electron chi connectivity index (χ4n) is 2.20. The molecule has 20 heavy (non-hydrogen) atoms. The molecule has 1 N–H and O–H groups in total. The van der Waals surface area contributed by atoms with Crippen LogP contribution in [0, 0.1) is 12.7 Å². The fourth-order valence-corrected chi connectivity index (χ4v) is 3.39. The highest BCUT2D eigenvalue weighted by molar-refractivity contribution is 7.16. The third kappa shape index (κ3) is 1.65. The topological polar surface area (TPSA) is 58.8 Å². The van der Waals surface area contributed by atoms with Crippen molar-refractivity contribution in [1.82, 2.24) is 4.40 Å². The van der Waals surface area contributed by atoms with E-state index < -0.39 is 17.2 Å². The molecule has 0 aliphatic heterocycles. The number of carbonyl (C=O) groups is 1. The SMILES string of the molecule is Cc1csc2c(C(=O)O)c(=O)c3cc(F)c(Cl)cc3n12. The normalized spacial score (nSPS) is 11.3. The van der Waals surface area contributed by atoms with Crippen LogP contribution in [0.2, 0.25) is 5.02 Å². The number of nitrogens with zero attached hydrogens (tertiary/aromatic N) is 1. The number of carboxylic acid groups (broad SMARTS) is 1. The van der Waals surface area contributed by atoms with Crippen molar-refractivity contribution in [3.05, 3.63) is 49.8 Å². The van der Waals surface area contributed by atoms with Crippen molar-refractivity contribution in [2.75, 3.05) is 0 Å². The third-order valence-electron chi connectivity index (χ3n) is 3.08. The largest absolute Gasteiger partial charge is 0.477 e. The maximum Gasteiger partial charge on any atom is 0.342 e. The minimum atomic E-state index is -1.33. The molecule has 0 radical (unpaired) electrons. The lowest BCUT2D eigenvalue weighted by atomic mass is 10.1. The Morgan fingerprint density at radius 2 is 2.15 bits per heavy atom. The molecule has 2 heterocycles. The molecule has 0 aliphatic carbocycles. The summed E-state index contributed by atoms with van der Waals surface area (Å²) in [4.78, 5) is 23.9. The Labute approximate surface area is 120 Å². The molecule has 2 aromatic heterocycles. The molecule has 0 spiro atoms. The zero-order chi connectivity index (χ0) is 14.6. The summed E-state index contributed by atoms with van der Waals surface area (Å²) < 4.78 is 15.2. The number of hydrogen-bond donors (Lipinski definition) is 1. The van der Waals surface area contributed by atoms with Gasteiger partial charge in [0.1, 0.15) is 16.2 Å². The summed E-state index contributed by atoms with van der Waals surface area (Å²) in [6.45, 7) is 1.77. The molecule has 0 bridgehead atoms. The monoisotopic (exact) mass is 311 g/mol. The molecule has 0 unspecified atom stereocenters. The van der Waals surface area contributed by atoms with Gasteiger partial charge in [0.25, 0.3) is 0 Å². The third-order valence-corrected chi connectivity index (χ3v) is 4.43. The molecule has 0 amide bonds. The summed E-state index contributed by atoms with van der Waals surface area (Å²) in [5, 5.41) is 10.9. The Bertz CT molecular complexity index is 944. The number of aryl methyl sites for hydroxylation is 1. The minimum absolute atomic E-state index is 0.00306. The molecule has 4 nitrogen and oxygen atoms in total. The van der Waals surface area contributed by atoms with Crippen molar-refractivity contribution in [2.24, 2.45) is 0 Å². The summed E-state index contributed by atoms with van der Waals surface area (Å²) in [6, 6.07) is 2.32. The number of aromatic nitrogens is 1. The minimum Gasteiger partial charge on any atom is -0.477 e. The Hall–Kier alpha value is -1.92. The summed E-state index contributed by atoms with van der Waals surface area (Å²) in [5.74, 6) is -2.08. The van der Waals surface area contributed by atoms with Gasteiger partial charge in [0.2, 0.25) is 5.43 Å². The zero-order valence-corrected chi connectivity index (χ0v) is 11.7. The summed E-state index contributed by atoms with van der Waals surface area (Å²) in [6.07, 6.45) is 0. The van der Waals surface area contributed by atoms with E-state index in [-0.39, 0.29) is 16.0 Å². The molecule has 7 heteroatoms. The van der Waals surface area contributed by atoms with E-state index in [0.29, 0.717) is 10.3 Å². The van der Waals surface area contributed by atoms with Crippen LogP contribution in [0.15, 0.2) is 22.3 Å². The lowest BCUT2D eigenvalue weighted by Crippen LogP contribution is -2.17. The van der Waals surface area contributed by atoms with Gasteiger partial charge < -0.3 is 9.51 Å². The predicted molar refractivity (Wildman–Crippen MR) is 75.7 cm³/mol. The van der Waals surface area contributed by atoms with Crippen LogP contribution in [0.1, 0.15) is 16.1 Å². The molecule has 0 atom stereocenters. The first-order chi connectivity index (χ1) is 9.41. The molecular weight excluding hydrogens is 305 g/mol. The highest BCUT2D eigenvalue weighted by atomic mass is 35.5. The van der Waals surface area contributed by atoms with Gasteiger partial charge >= 0.3 is 5.97 Å². The van der Waals surface area contributed by atoms with E-state index in [2.05, 4.69) is 0 Å². The number of hydrogen-bond acceptors (Lipinski definition) is 3. The maximum atomic E-state index is 13.6. The van der Waals surface area contributed by atoms with Gasteiger partial charge in [-0.1, -0.05) is 11.6 Å². The van der Waals surface area contributed by atoms with E-state index in [0.717, 1.165) is 23.1 Å². The smallest absolute Gasteiger partial charge is 0.342 e. The second-order valence-electron chi connectivity index (χ2n) is 4.31. The number of carboxylic acids is 1. The average molecular weight is 312 g/mol. The molecule has 0 aliphatic rings. The van der Waals surface area contributed by atoms with E-state index in [1.807, 2.05) is 0 Å². The number of aromatic carboxylic acids is 1. The van der Waals surface area contributed by atoms with Gasteiger partial charge in [-0.15, -0.1) is 11.3 Å². The van der Waals surface area contributed by atoms with Gasteiger partial charge in [-0.05, 0) is 19.1 Å². The van der Waals surface area contributed by atoms with Crippen LogP contribution in [0.5, 0.6) is 0 Å². The zero-order valence-electron chi connectivity index (χ0n) is 10.1. The first-order valence-electron chi connectivity index (χ1n) is 5.56. The second-order valence-corrected chi connectivity index (χ2v) is 5.58. The predicted octanol–water partition coefficient (Wildman–Crippen LogP) is 3.31. The fraction of sp³-hybridized carbons (Fsp3) is 0.0769. The van der Waals surface area contributed by atoms with Crippen LogP contribution < -0.4 is 5.43 Å². The Morgan fingerprint density at radius 1 is 1.45 bits per heavy atom. The second kappa shape index (κ2) is 4.29. The van der Waals surface area contributed by atoms with Gasteiger partial charge in [0, 0.05) is 11.1 Å².